The van der Waals surface area contributed by atoms with Gasteiger partial charge in [0.15, 0.2) is 11.4 Å². The van der Waals surface area contributed by atoms with Crippen LogP contribution in [-0.4, -0.2) is 32.5 Å². The minimum Gasteiger partial charge on any atom is -0.392 e. The second-order valence-corrected chi connectivity index (χ2v) is 10.9. The van der Waals surface area contributed by atoms with Gasteiger partial charge in [0.2, 0.25) is 0 Å². The van der Waals surface area contributed by atoms with Crippen LogP contribution < -0.4 is 10.6 Å². The van der Waals surface area contributed by atoms with Crippen molar-refractivity contribution < 1.29 is 19.4 Å². The predicted octanol–water partition coefficient (Wildman–Crippen LogP) is 5.82. The maximum absolute atomic E-state index is 12.6. The van der Waals surface area contributed by atoms with Crippen molar-refractivity contribution in [2.45, 2.75) is 43.7 Å². The summed E-state index contributed by atoms with van der Waals surface area (Å²) in [6.07, 6.45) is 2.76. The summed E-state index contributed by atoms with van der Waals surface area (Å²) < 4.78 is 15.1. The predicted molar refractivity (Wildman–Crippen MR) is 156 cm³/mol. The second-order valence-electron chi connectivity index (χ2n) is 9.87. The number of benzene rings is 3. The van der Waals surface area contributed by atoms with Gasteiger partial charge in [0.1, 0.15) is 0 Å². The van der Waals surface area contributed by atoms with Gasteiger partial charge in [0.05, 0.1) is 18.8 Å². The number of urea groups is 1. The van der Waals surface area contributed by atoms with Crippen LogP contribution in [-0.2, 0) is 29.7 Å². The van der Waals surface area contributed by atoms with Gasteiger partial charge in [-0.25, -0.2) is 9.78 Å². The maximum atomic E-state index is 12.6. The van der Waals surface area contributed by atoms with Crippen LogP contribution in [0.2, 0.25) is 0 Å². The van der Waals surface area contributed by atoms with E-state index in [0.29, 0.717) is 18.0 Å². The highest BCUT2D eigenvalue weighted by Gasteiger charge is 2.38. The van der Waals surface area contributed by atoms with E-state index in [-0.39, 0.29) is 30.8 Å². The molecule has 9 heteroatoms. The summed E-state index contributed by atoms with van der Waals surface area (Å²) in [4.78, 5) is 17.0. The molecule has 0 aliphatic carbocycles. The van der Waals surface area contributed by atoms with Crippen molar-refractivity contribution in [1.82, 2.24) is 14.9 Å². The molecule has 1 saturated heterocycles. The molecule has 0 spiro atoms. The fraction of sp³-hybridized carbons (Fsp3) is 0.290. The van der Waals surface area contributed by atoms with Crippen molar-refractivity contribution in [2.75, 3.05) is 11.1 Å². The topological polar surface area (TPSA) is 97.6 Å². The first-order valence-corrected chi connectivity index (χ1v) is 14.3. The van der Waals surface area contributed by atoms with E-state index >= 15 is 0 Å². The van der Waals surface area contributed by atoms with Crippen LogP contribution in [0.3, 0.4) is 0 Å². The Bertz CT molecular complexity index is 1400. The Morgan fingerprint density at radius 3 is 2.52 bits per heavy atom. The number of aromatic nitrogens is 2. The third-order valence-corrected chi connectivity index (χ3v) is 8.14. The molecule has 4 aromatic rings. The fourth-order valence-electron chi connectivity index (χ4n) is 4.67. The third-order valence-electron chi connectivity index (χ3n) is 6.99. The van der Waals surface area contributed by atoms with E-state index in [9.17, 15) is 9.90 Å². The highest BCUT2D eigenvalue weighted by atomic mass is 32.2. The number of nitrogens with zero attached hydrogens (tertiary/aromatic N) is 2. The highest BCUT2D eigenvalue weighted by molar-refractivity contribution is 7.99. The number of amides is 2. The number of hydrogen-bond acceptors (Lipinski definition) is 6. The molecule has 1 aliphatic heterocycles. The van der Waals surface area contributed by atoms with Crippen molar-refractivity contribution in [1.29, 1.82) is 0 Å². The number of imidazole rings is 1. The molecule has 4 atom stereocenters. The number of ether oxygens (including phenoxy) is 2. The third kappa shape index (κ3) is 6.92. The van der Waals surface area contributed by atoms with Crippen LogP contribution in [0.4, 0.5) is 10.5 Å². The molecule has 3 N–H and O–H groups in total. The fourth-order valence-corrected chi connectivity index (χ4v) is 5.77. The molecule has 0 saturated carbocycles. The number of nitrogens with one attached hydrogen (secondary N) is 2. The number of aliphatic hydroxyl groups excluding tert-OH is 1. The van der Waals surface area contributed by atoms with Crippen molar-refractivity contribution >= 4 is 23.5 Å². The van der Waals surface area contributed by atoms with Crippen molar-refractivity contribution in [3.63, 3.8) is 0 Å². The summed E-state index contributed by atoms with van der Waals surface area (Å²) in [6, 6.07) is 24.9. The minimum atomic E-state index is -0.625. The number of thioether (sulfide) groups is 1. The van der Waals surface area contributed by atoms with Crippen LogP contribution in [0.25, 0.3) is 0 Å². The number of hydrogen-bond donors (Lipinski definition) is 3. The van der Waals surface area contributed by atoms with Gasteiger partial charge < -0.3 is 29.8 Å². The zero-order valence-corrected chi connectivity index (χ0v) is 23.4. The number of aliphatic hydroxyl groups is 1. The van der Waals surface area contributed by atoms with Gasteiger partial charge in [-0.15, -0.1) is 0 Å². The lowest BCUT2D eigenvalue weighted by atomic mass is 9.91. The van der Waals surface area contributed by atoms with Crippen LogP contribution in [0, 0.1) is 5.92 Å². The van der Waals surface area contributed by atoms with E-state index in [4.69, 9.17) is 9.47 Å². The van der Waals surface area contributed by atoms with E-state index in [1.807, 2.05) is 96.7 Å². The molecule has 2 heterocycles. The summed E-state index contributed by atoms with van der Waals surface area (Å²) in [5, 5.41) is 16.2. The number of carbonyl (C=O) groups is 1. The van der Waals surface area contributed by atoms with Gasteiger partial charge in [0, 0.05) is 48.9 Å². The Morgan fingerprint density at radius 2 is 1.80 bits per heavy atom. The lowest BCUT2D eigenvalue weighted by molar-refractivity contribution is -0.268. The molecule has 0 radical (unpaired) electrons. The molecule has 0 bridgehead atoms. The van der Waals surface area contributed by atoms with Gasteiger partial charge in [0.25, 0.3) is 0 Å². The highest BCUT2D eigenvalue weighted by Crippen LogP contribution is 2.43. The summed E-state index contributed by atoms with van der Waals surface area (Å²) in [6.45, 7) is 2.57. The largest absolute Gasteiger partial charge is 0.392 e. The second kappa shape index (κ2) is 13.1. The first kappa shape index (κ1) is 27.9. The Labute approximate surface area is 238 Å². The molecule has 208 valence electrons. The molecule has 2 amide bonds. The van der Waals surface area contributed by atoms with Crippen molar-refractivity contribution in [3.8, 4) is 0 Å². The van der Waals surface area contributed by atoms with Gasteiger partial charge in [-0.2, -0.15) is 0 Å². The Morgan fingerprint density at radius 1 is 1.00 bits per heavy atom. The van der Waals surface area contributed by atoms with E-state index in [2.05, 4.69) is 22.5 Å². The number of aryl methyl sites for hydroxylation is 1. The molecule has 0 unspecified atom stereocenters. The van der Waals surface area contributed by atoms with Gasteiger partial charge in [-0.3, -0.25) is 0 Å². The lowest BCUT2D eigenvalue weighted by Gasteiger charge is -2.41. The number of carbonyl (C=O) groups excluding carboxylic acids is 1. The van der Waals surface area contributed by atoms with Crippen molar-refractivity contribution in [2.24, 2.45) is 13.0 Å². The van der Waals surface area contributed by atoms with Crippen LogP contribution in [0.1, 0.15) is 41.6 Å². The van der Waals surface area contributed by atoms with E-state index in [1.165, 1.54) is 0 Å². The molecule has 5 rings (SSSR count). The van der Waals surface area contributed by atoms with Crippen LogP contribution in [0.5, 0.6) is 0 Å². The molecular formula is C31H34N4O4S. The average molecular weight is 559 g/mol. The molecule has 1 aromatic heterocycles. The SMILES string of the molecule is C[C@H]1[C@@H](CSc2nccn2C)O[C@@H](c2cccc(NC(=O)NCc3ccccc3)c2)O[C@H]1c1ccc(CO)cc1. The van der Waals surface area contributed by atoms with Crippen LogP contribution >= 0.6 is 11.8 Å². The Kier molecular flexibility index (Phi) is 9.18. The smallest absolute Gasteiger partial charge is 0.319 e. The quantitative estimate of drug-likeness (QED) is 0.224. The summed E-state index contributed by atoms with van der Waals surface area (Å²) in [7, 11) is 1.98. The minimum absolute atomic E-state index is 0.00522. The van der Waals surface area contributed by atoms with E-state index < -0.39 is 6.29 Å². The standard InChI is InChI=1S/C31H34N4O4S/c1-21-27(20-40-31-32-15-16-35(31)2)38-29(39-28(21)24-13-11-23(19-36)12-14-24)25-9-6-10-26(17-25)34-30(37)33-18-22-7-4-3-5-8-22/h3-17,21,27-29,36H,18-20H2,1-2H3,(H2,33,34,37)/t21-,27+,28+,29+/m0/s1. The molecular weight excluding hydrogens is 524 g/mol. The molecule has 40 heavy (non-hydrogen) atoms. The first-order chi connectivity index (χ1) is 19.5. The zero-order chi connectivity index (χ0) is 27.9. The maximum Gasteiger partial charge on any atom is 0.319 e. The normalized spacial score (nSPS) is 20.7. The summed E-state index contributed by atoms with van der Waals surface area (Å²) >= 11 is 1.65. The van der Waals surface area contributed by atoms with Crippen molar-refractivity contribution in [3.05, 3.63) is 114 Å². The Hall–Kier alpha value is -3.63. The van der Waals surface area contributed by atoms with Gasteiger partial charge in [-0.05, 0) is 28.8 Å². The van der Waals surface area contributed by atoms with E-state index in [0.717, 1.165) is 27.4 Å². The average Bonchev–Trinajstić information content (AvgIpc) is 3.40. The van der Waals surface area contributed by atoms with Gasteiger partial charge >= 0.3 is 6.03 Å². The zero-order valence-electron chi connectivity index (χ0n) is 22.6. The van der Waals surface area contributed by atoms with Crippen LogP contribution in [0.15, 0.2) is 96.4 Å². The lowest BCUT2D eigenvalue weighted by Crippen LogP contribution is -2.38. The monoisotopic (exact) mass is 558 g/mol. The number of rotatable bonds is 9. The first-order valence-electron chi connectivity index (χ1n) is 13.3. The Balaban J connectivity index is 1.32. The molecule has 1 fully saturated rings. The molecule has 3 aromatic carbocycles. The summed E-state index contributed by atoms with van der Waals surface area (Å²) in [5.74, 6) is 0.769. The van der Waals surface area contributed by atoms with Gasteiger partial charge in [-0.1, -0.05) is 85.4 Å². The molecule has 8 nitrogen and oxygen atoms in total. The molecule has 1 aliphatic rings. The summed E-state index contributed by atoms with van der Waals surface area (Å²) in [5.41, 5.74) is 4.37. The van der Waals surface area contributed by atoms with E-state index in [1.54, 1.807) is 18.0 Å². The number of anilines is 1.